The lowest BCUT2D eigenvalue weighted by atomic mass is 9.67. The Kier molecular flexibility index (Phi) is 6.97. The molecule has 3 heterocycles. The molecule has 0 atom stereocenters. The van der Waals surface area contributed by atoms with E-state index in [1.807, 2.05) is 6.07 Å². The first-order chi connectivity index (χ1) is 19.5. The number of rotatable bonds is 2. The zero-order valence-corrected chi connectivity index (χ0v) is 26.4. The molecule has 6 nitrogen and oxygen atoms in total. The van der Waals surface area contributed by atoms with Gasteiger partial charge in [-0.1, -0.05) is 45.5 Å². The van der Waals surface area contributed by atoms with E-state index in [-0.39, 0.29) is 5.78 Å². The maximum Gasteiger partial charge on any atom is 0.195 e. The van der Waals surface area contributed by atoms with Crippen molar-refractivity contribution >= 4 is 25.3 Å². The molecular weight excluding hydrogens is 522 g/mol. The summed E-state index contributed by atoms with van der Waals surface area (Å²) in [4.78, 5) is 26.5. The largest absolute Gasteiger partial charge is 0.370 e. The lowest BCUT2D eigenvalue weighted by Crippen LogP contribution is -2.52. The van der Waals surface area contributed by atoms with E-state index in [9.17, 15) is 10.1 Å². The second-order valence-electron chi connectivity index (χ2n) is 13.7. The van der Waals surface area contributed by atoms with Crippen LogP contribution in [0.5, 0.6) is 0 Å². The van der Waals surface area contributed by atoms with Gasteiger partial charge in [-0.15, -0.1) is 5.54 Å². The van der Waals surface area contributed by atoms with Gasteiger partial charge in [0.1, 0.15) is 14.1 Å². The number of hydrogen-bond acceptors (Lipinski definition) is 6. The van der Waals surface area contributed by atoms with Gasteiger partial charge in [0.25, 0.3) is 0 Å². The van der Waals surface area contributed by atoms with Crippen LogP contribution in [0.1, 0.15) is 54.6 Å². The Bertz CT molecular complexity index is 1540. The minimum atomic E-state index is -1.49. The van der Waals surface area contributed by atoms with Gasteiger partial charge in [0.2, 0.25) is 0 Å². The van der Waals surface area contributed by atoms with Crippen LogP contribution in [0.4, 0.5) is 5.69 Å². The number of allylic oxidation sites excluding steroid dienone is 5. The molecule has 0 radical (unpaired) electrons. The van der Waals surface area contributed by atoms with E-state index in [0.717, 1.165) is 91.5 Å². The summed E-state index contributed by atoms with van der Waals surface area (Å²) in [6, 6.07) is 7.02. The molecule has 2 aliphatic carbocycles. The molecule has 2 fully saturated rings. The first-order valence-electron chi connectivity index (χ1n) is 15.1. The highest BCUT2D eigenvalue weighted by molar-refractivity contribution is 6.83. The fourth-order valence-corrected chi connectivity index (χ4v) is 7.39. The predicted molar refractivity (Wildman–Crippen MR) is 169 cm³/mol. The Morgan fingerprint density at radius 2 is 1.76 bits per heavy atom. The SMILES string of the molecule is CN1CCN(C2CCN(c3cc4c(cc3C#N)C(=O)C3=C5CC=C(C#C[Si](C)(C)C)C=C5N=C3C4(C)C)CC2)CC1. The molecule has 41 heavy (non-hydrogen) atoms. The summed E-state index contributed by atoms with van der Waals surface area (Å²) >= 11 is 0. The number of piperazine rings is 1. The van der Waals surface area contributed by atoms with Crippen LogP contribution in [-0.4, -0.2) is 81.7 Å². The van der Waals surface area contributed by atoms with Crippen molar-refractivity contribution in [2.75, 3.05) is 51.2 Å². The van der Waals surface area contributed by atoms with Crippen LogP contribution >= 0.6 is 0 Å². The molecule has 2 saturated heterocycles. The van der Waals surface area contributed by atoms with E-state index < -0.39 is 13.5 Å². The third-order valence-electron chi connectivity index (χ3n) is 9.33. The number of carbonyl (C=O) groups excluding carboxylic acids is 1. The molecule has 3 aliphatic heterocycles. The number of likely N-dealkylation sites (N-methyl/N-ethyl adjacent to an activating group) is 1. The lowest BCUT2D eigenvalue weighted by Gasteiger charge is -2.43. The highest BCUT2D eigenvalue weighted by Crippen LogP contribution is 2.47. The van der Waals surface area contributed by atoms with Crippen molar-refractivity contribution in [1.82, 2.24) is 9.80 Å². The molecule has 1 aromatic rings. The Hall–Kier alpha value is -3.23. The number of Topliss-reactive ketones (excluding diaryl/α,β-unsaturated/α-hetero) is 1. The van der Waals surface area contributed by atoms with E-state index in [2.05, 4.69) is 91.0 Å². The number of benzene rings is 1. The summed E-state index contributed by atoms with van der Waals surface area (Å²) in [5, 5.41) is 10.2. The number of fused-ring (bicyclic) bond motifs is 3. The number of anilines is 1. The maximum atomic E-state index is 14.0. The van der Waals surface area contributed by atoms with Crippen molar-refractivity contribution in [1.29, 1.82) is 5.26 Å². The molecule has 0 saturated carbocycles. The van der Waals surface area contributed by atoms with E-state index in [1.165, 1.54) is 0 Å². The Balaban J connectivity index is 1.30. The van der Waals surface area contributed by atoms with E-state index in [1.54, 1.807) is 0 Å². The smallest absolute Gasteiger partial charge is 0.195 e. The Morgan fingerprint density at radius 3 is 2.41 bits per heavy atom. The molecule has 0 spiro atoms. The first-order valence-corrected chi connectivity index (χ1v) is 18.6. The van der Waals surface area contributed by atoms with Gasteiger partial charge >= 0.3 is 0 Å². The molecule has 212 valence electrons. The van der Waals surface area contributed by atoms with Crippen LogP contribution in [0.15, 0.2) is 51.7 Å². The van der Waals surface area contributed by atoms with Crippen LogP contribution < -0.4 is 4.90 Å². The quantitative estimate of drug-likeness (QED) is 0.370. The first kappa shape index (κ1) is 27.9. The predicted octanol–water partition coefficient (Wildman–Crippen LogP) is 5.09. The fraction of sp³-hybridized carbons (Fsp3) is 0.500. The molecule has 5 aliphatic rings. The molecule has 0 amide bonds. The van der Waals surface area contributed by atoms with Crippen LogP contribution in [0.25, 0.3) is 0 Å². The van der Waals surface area contributed by atoms with Gasteiger partial charge in [-0.3, -0.25) is 14.7 Å². The van der Waals surface area contributed by atoms with Crippen LogP contribution in [0.2, 0.25) is 19.6 Å². The average molecular weight is 564 g/mol. The van der Waals surface area contributed by atoms with E-state index >= 15 is 0 Å². The normalized spacial score (nSPS) is 23.0. The van der Waals surface area contributed by atoms with E-state index in [4.69, 9.17) is 4.99 Å². The van der Waals surface area contributed by atoms with E-state index in [0.29, 0.717) is 23.6 Å². The van der Waals surface area contributed by atoms with Gasteiger partial charge in [-0.25, -0.2) is 0 Å². The number of hydrogen-bond donors (Lipinski definition) is 0. The van der Waals surface area contributed by atoms with Gasteiger partial charge in [0, 0.05) is 61.9 Å². The Labute approximate surface area is 246 Å². The summed E-state index contributed by atoms with van der Waals surface area (Å²) in [5.74, 6) is 3.36. The fourth-order valence-electron chi connectivity index (χ4n) is 6.87. The summed E-state index contributed by atoms with van der Waals surface area (Å²) < 4.78 is 0. The number of aliphatic imine (C=N–C) groups is 1. The summed E-state index contributed by atoms with van der Waals surface area (Å²) in [6.45, 7) is 17.5. The minimum absolute atomic E-state index is 0.00154. The zero-order valence-electron chi connectivity index (χ0n) is 25.4. The number of nitriles is 1. The summed E-state index contributed by atoms with van der Waals surface area (Å²) in [6.07, 6.45) is 7.03. The van der Waals surface area contributed by atoms with Crippen molar-refractivity contribution in [2.24, 2.45) is 4.99 Å². The number of carbonyl (C=O) groups is 1. The summed E-state index contributed by atoms with van der Waals surface area (Å²) in [5.41, 5.74) is 10.6. The molecule has 6 rings (SSSR count). The highest BCUT2D eigenvalue weighted by Gasteiger charge is 2.46. The molecule has 0 aromatic heterocycles. The molecule has 0 unspecified atom stereocenters. The minimum Gasteiger partial charge on any atom is -0.370 e. The van der Waals surface area contributed by atoms with Crippen LogP contribution in [0, 0.1) is 22.8 Å². The van der Waals surface area contributed by atoms with Gasteiger partial charge in [-0.05, 0) is 55.7 Å². The average Bonchev–Trinajstić information content (AvgIpc) is 3.35. The van der Waals surface area contributed by atoms with Crippen molar-refractivity contribution in [3.8, 4) is 17.5 Å². The van der Waals surface area contributed by atoms with Crippen LogP contribution in [-0.2, 0) is 5.41 Å². The van der Waals surface area contributed by atoms with Crippen LogP contribution in [0.3, 0.4) is 0 Å². The molecule has 0 N–H and O–H groups in total. The zero-order chi connectivity index (χ0) is 29.1. The topological polar surface area (TPSA) is 62.9 Å². The second-order valence-corrected chi connectivity index (χ2v) is 18.5. The second kappa shape index (κ2) is 10.2. The standard InChI is InChI=1S/C34H41N5OSi/c1-34(2)28-21-30(39-12-9-25(10-13-39)38-16-14-37(3)15-17-38)24(22-35)20-27(28)32(40)31-26-8-7-23(11-18-41(4,5)6)19-29(26)36-33(31)34/h7,19-21,25H,8-10,12-17H2,1-6H3. The van der Waals surface area contributed by atoms with Crippen molar-refractivity contribution in [3.05, 3.63) is 63.4 Å². The molecule has 0 bridgehead atoms. The van der Waals surface area contributed by atoms with Gasteiger partial charge in [0.05, 0.1) is 28.2 Å². The van der Waals surface area contributed by atoms with Crippen molar-refractivity contribution < 1.29 is 4.79 Å². The number of nitrogens with zero attached hydrogens (tertiary/aromatic N) is 5. The lowest BCUT2D eigenvalue weighted by molar-refractivity contribution is 0.0982. The van der Waals surface area contributed by atoms with Gasteiger partial charge in [0.15, 0.2) is 5.78 Å². The monoisotopic (exact) mass is 563 g/mol. The van der Waals surface area contributed by atoms with Gasteiger partial charge < -0.3 is 9.80 Å². The third kappa shape index (κ3) is 5.05. The summed E-state index contributed by atoms with van der Waals surface area (Å²) in [7, 11) is 0.705. The maximum absolute atomic E-state index is 14.0. The van der Waals surface area contributed by atoms with Crippen molar-refractivity contribution in [2.45, 2.75) is 64.2 Å². The molecule has 1 aromatic carbocycles. The number of ketones is 1. The van der Waals surface area contributed by atoms with Crippen molar-refractivity contribution in [3.63, 3.8) is 0 Å². The number of piperidine rings is 1. The Morgan fingerprint density at radius 1 is 1.05 bits per heavy atom. The molecular formula is C34H41N5OSi. The highest BCUT2D eigenvalue weighted by atomic mass is 28.3. The molecule has 7 heteroatoms. The van der Waals surface area contributed by atoms with Gasteiger partial charge in [-0.2, -0.15) is 5.26 Å². The third-order valence-corrected chi connectivity index (χ3v) is 10.2.